The van der Waals surface area contributed by atoms with Gasteiger partial charge in [-0.15, -0.1) is 0 Å². The lowest BCUT2D eigenvalue weighted by Gasteiger charge is -2.32. The first-order chi connectivity index (χ1) is 11.6. The summed E-state index contributed by atoms with van der Waals surface area (Å²) < 4.78 is 1.84. The minimum atomic E-state index is -0.112. The molecule has 0 aliphatic carbocycles. The van der Waals surface area contributed by atoms with Crippen molar-refractivity contribution in [2.75, 3.05) is 19.7 Å². The number of aliphatic hydroxyl groups excluding tert-OH is 1. The number of nitrogens with zero attached hydrogens (tertiary/aromatic N) is 3. The molecule has 6 heteroatoms. The molecule has 0 spiro atoms. The van der Waals surface area contributed by atoms with E-state index in [0.29, 0.717) is 31.1 Å². The molecule has 0 unspecified atom stereocenters. The van der Waals surface area contributed by atoms with Crippen molar-refractivity contribution in [3.63, 3.8) is 0 Å². The maximum Gasteiger partial charge on any atom is 0.257 e. The fourth-order valence-corrected chi connectivity index (χ4v) is 3.34. The van der Waals surface area contributed by atoms with Gasteiger partial charge in [-0.25, -0.2) is 0 Å². The van der Waals surface area contributed by atoms with Crippen molar-refractivity contribution in [3.8, 4) is 5.75 Å². The van der Waals surface area contributed by atoms with Gasteiger partial charge in [-0.05, 0) is 38.0 Å². The summed E-state index contributed by atoms with van der Waals surface area (Å²) in [6.07, 6.45) is 3.47. The van der Waals surface area contributed by atoms with Crippen LogP contribution in [0.25, 0.3) is 0 Å². The Morgan fingerprint density at radius 3 is 2.75 bits per heavy atom. The minimum Gasteiger partial charge on any atom is -0.507 e. The largest absolute Gasteiger partial charge is 0.507 e. The third-order valence-corrected chi connectivity index (χ3v) is 4.64. The Morgan fingerprint density at radius 2 is 2.04 bits per heavy atom. The monoisotopic (exact) mass is 329 g/mol. The topological polar surface area (TPSA) is 78.6 Å². The van der Waals surface area contributed by atoms with E-state index in [-0.39, 0.29) is 18.3 Å². The van der Waals surface area contributed by atoms with Crippen molar-refractivity contribution < 1.29 is 15.0 Å². The number of amides is 1. The van der Waals surface area contributed by atoms with Crippen molar-refractivity contribution in [1.82, 2.24) is 14.7 Å². The van der Waals surface area contributed by atoms with E-state index < -0.39 is 0 Å². The molecule has 0 radical (unpaired) electrons. The predicted octanol–water partition coefficient (Wildman–Crippen LogP) is 1.91. The average Bonchev–Trinajstić information content (AvgIpc) is 3.05. The molecule has 0 atom stereocenters. The summed E-state index contributed by atoms with van der Waals surface area (Å²) in [6, 6.07) is 7.09. The molecule has 128 valence electrons. The molecule has 1 aromatic heterocycles. The number of carbonyl (C=O) groups is 1. The number of benzene rings is 1. The molecule has 0 bridgehead atoms. The summed E-state index contributed by atoms with van der Waals surface area (Å²) in [5, 5.41) is 23.3. The van der Waals surface area contributed by atoms with Crippen molar-refractivity contribution >= 4 is 5.91 Å². The number of piperidine rings is 1. The molecule has 2 N–H and O–H groups in total. The molecule has 2 aromatic rings. The van der Waals surface area contributed by atoms with Crippen LogP contribution in [0.1, 0.15) is 40.4 Å². The summed E-state index contributed by atoms with van der Waals surface area (Å²) in [5.74, 6) is 0.265. The molecule has 24 heavy (non-hydrogen) atoms. The second-order valence-electron chi connectivity index (χ2n) is 6.29. The van der Waals surface area contributed by atoms with Crippen molar-refractivity contribution in [1.29, 1.82) is 0 Å². The van der Waals surface area contributed by atoms with Gasteiger partial charge in [0.1, 0.15) is 5.75 Å². The lowest BCUT2D eigenvalue weighted by Crippen LogP contribution is -2.38. The Balaban J connectivity index is 1.67. The van der Waals surface area contributed by atoms with Gasteiger partial charge in [-0.2, -0.15) is 5.10 Å². The molecule has 1 fully saturated rings. The van der Waals surface area contributed by atoms with Gasteiger partial charge in [0.25, 0.3) is 5.91 Å². The smallest absolute Gasteiger partial charge is 0.257 e. The number of rotatable bonds is 4. The van der Waals surface area contributed by atoms with E-state index >= 15 is 0 Å². The molecule has 1 saturated heterocycles. The maximum atomic E-state index is 12.7. The lowest BCUT2D eigenvalue weighted by molar-refractivity contribution is 0.0708. The zero-order chi connectivity index (χ0) is 17.1. The number of aryl methyl sites for hydroxylation is 1. The number of hydrogen-bond donors (Lipinski definition) is 2. The number of phenolic OH excluding ortho intramolecular Hbond substituents is 1. The number of likely N-dealkylation sites (tertiary alicyclic amines) is 1. The third kappa shape index (κ3) is 3.28. The molecule has 1 aliphatic heterocycles. The number of phenols is 1. The maximum absolute atomic E-state index is 12.7. The summed E-state index contributed by atoms with van der Waals surface area (Å²) in [7, 11) is 0. The first-order valence-electron chi connectivity index (χ1n) is 8.31. The fourth-order valence-electron chi connectivity index (χ4n) is 3.34. The molecule has 6 nitrogen and oxygen atoms in total. The van der Waals surface area contributed by atoms with Gasteiger partial charge in [-0.1, -0.05) is 11.6 Å². The van der Waals surface area contributed by atoms with E-state index in [2.05, 4.69) is 5.10 Å². The Labute approximate surface area is 141 Å². The van der Waals surface area contributed by atoms with E-state index in [9.17, 15) is 9.90 Å². The quantitative estimate of drug-likeness (QED) is 0.898. The fraction of sp³-hybridized carbons (Fsp3) is 0.444. The lowest BCUT2D eigenvalue weighted by atomic mass is 9.93. The van der Waals surface area contributed by atoms with Crippen molar-refractivity contribution in [2.45, 2.75) is 32.2 Å². The van der Waals surface area contributed by atoms with E-state index in [1.807, 2.05) is 17.7 Å². The normalized spacial score (nSPS) is 15.7. The van der Waals surface area contributed by atoms with Crippen LogP contribution in [0.2, 0.25) is 0 Å². The standard InChI is InChI=1S/C18H23N3O3/c1-13-2-3-17(23)15(12-13)18(24)20-8-5-14(6-9-20)16-4-7-19-21(16)10-11-22/h2-4,7,12,14,22-23H,5-6,8-11H2,1H3. The van der Waals surface area contributed by atoms with Crippen molar-refractivity contribution in [2.24, 2.45) is 0 Å². The van der Waals surface area contributed by atoms with Gasteiger partial charge in [0.05, 0.1) is 18.7 Å². The molecular weight excluding hydrogens is 306 g/mol. The van der Waals surface area contributed by atoms with Gasteiger partial charge in [0, 0.05) is 30.9 Å². The zero-order valence-corrected chi connectivity index (χ0v) is 13.9. The van der Waals surface area contributed by atoms with Gasteiger partial charge < -0.3 is 15.1 Å². The van der Waals surface area contributed by atoms with Crippen molar-refractivity contribution in [3.05, 3.63) is 47.3 Å². The highest BCUT2D eigenvalue weighted by atomic mass is 16.3. The number of aromatic hydroxyl groups is 1. The van der Waals surface area contributed by atoms with Crippen LogP contribution in [0.15, 0.2) is 30.5 Å². The minimum absolute atomic E-state index is 0.0359. The third-order valence-electron chi connectivity index (χ3n) is 4.64. The predicted molar refractivity (Wildman–Crippen MR) is 90.0 cm³/mol. The van der Waals surface area contributed by atoms with Crippen LogP contribution in [-0.2, 0) is 6.54 Å². The highest BCUT2D eigenvalue weighted by Crippen LogP contribution is 2.29. The van der Waals surface area contributed by atoms with E-state index in [1.54, 1.807) is 29.3 Å². The molecule has 2 heterocycles. The molecule has 1 aliphatic rings. The first kappa shape index (κ1) is 16.5. The van der Waals surface area contributed by atoms with Gasteiger partial charge in [-0.3, -0.25) is 9.48 Å². The van der Waals surface area contributed by atoms with Crippen LogP contribution in [0.5, 0.6) is 5.75 Å². The first-order valence-corrected chi connectivity index (χ1v) is 8.31. The highest BCUT2D eigenvalue weighted by molar-refractivity contribution is 5.97. The average molecular weight is 329 g/mol. The summed E-state index contributed by atoms with van der Waals surface area (Å²) in [4.78, 5) is 14.5. The SMILES string of the molecule is Cc1ccc(O)c(C(=O)N2CCC(c3ccnn3CCO)CC2)c1. The van der Waals surface area contributed by atoms with Crippen LogP contribution >= 0.6 is 0 Å². The van der Waals surface area contributed by atoms with Gasteiger partial charge in [0.15, 0.2) is 0 Å². The summed E-state index contributed by atoms with van der Waals surface area (Å²) in [5.41, 5.74) is 2.45. The Kier molecular flexibility index (Phi) is 4.85. The Bertz CT molecular complexity index is 718. The van der Waals surface area contributed by atoms with Crippen LogP contribution in [0, 0.1) is 6.92 Å². The number of aromatic nitrogens is 2. The summed E-state index contributed by atoms with van der Waals surface area (Å²) >= 11 is 0. The number of aliphatic hydroxyl groups is 1. The molecule has 0 saturated carbocycles. The molecular formula is C18H23N3O3. The second kappa shape index (κ2) is 7.05. The molecule has 1 aromatic carbocycles. The van der Waals surface area contributed by atoms with E-state index in [1.165, 1.54) is 0 Å². The van der Waals surface area contributed by atoms with Crippen LogP contribution in [-0.4, -0.2) is 50.5 Å². The van der Waals surface area contributed by atoms with Crippen LogP contribution < -0.4 is 0 Å². The van der Waals surface area contributed by atoms with E-state index in [0.717, 1.165) is 24.1 Å². The highest BCUT2D eigenvalue weighted by Gasteiger charge is 2.27. The zero-order valence-electron chi connectivity index (χ0n) is 13.9. The second-order valence-corrected chi connectivity index (χ2v) is 6.29. The molecule has 3 rings (SSSR count). The number of hydrogen-bond acceptors (Lipinski definition) is 4. The Morgan fingerprint density at radius 1 is 1.29 bits per heavy atom. The molecule has 1 amide bonds. The summed E-state index contributed by atoms with van der Waals surface area (Å²) in [6.45, 7) is 3.78. The van der Waals surface area contributed by atoms with Gasteiger partial charge >= 0.3 is 0 Å². The van der Waals surface area contributed by atoms with Crippen LogP contribution in [0.4, 0.5) is 0 Å². The Hall–Kier alpha value is -2.34. The van der Waals surface area contributed by atoms with Gasteiger partial charge in [0.2, 0.25) is 0 Å². The van der Waals surface area contributed by atoms with E-state index in [4.69, 9.17) is 5.11 Å². The number of carbonyl (C=O) groups excluding carboxylic acids is 1. The van der Waals surface area contributed by atoms with Crippen LogP contribution in [0.3, 0.4) is 0 Å².